The van der Waals surface area contributed by atoms with Gasteiger partial charge in [0.25, 0.3) is 5.92 Å². The largest absolute Gasteiger partial charge is 0.328 e. The topological polar surface area (TPSA) is 76.4 Å². The van der Waals surface area contributed by atoms with E-state index in [-0.39, 0.29) is 18.3 Å². The van der Waals surface area contributed by atoms with Crippen molar-refractivity contribution in [3.63, 3.8) is 0 Å². The van der Waals surface area contributed by atoms with Crippen LogP contribution in [0.2, 0.25) is 0 Å². The van der Waals surface area contributed by atoms with Gasteiger partial charge in [0.2, 0.25) is 0 Å². The van der Waals surface area contributed by atoms with Crippen molar-refractivity contribution in [1.82, 2.24) is 15.1 Å². The molecule has 1 spiro atoms. The molecule has 2 aliphatic carbocycles. The van der Waals surface area contributed by atoms with Crippen LogP contribution in [0.3, 0.4) is 0 Å². The number of urea groups is 1. The Hall–Kier alpha value is -2.60. The maximum Gasteiger partial charge on any atom is 0.318 e. The molecule has 9 heteroatoms. The molecule has 1 atom stereocenters. The third-order valence-corrected chi connectivity index (χ3v) is 8.57. The second-order valence-electron chi connectivity index (χ2n) is 11.4. The number of carbonyl (C=O) groups is 2. The molecular weight excluding hydrogens is 469 g/mol. The highest BCUT2D eigenvalue weighted by Crippen LogP contribution is 2.49. The molecule has 0 aromatic heterocycles. The number of Topliss-reactive ketones (excluding diaryl/α,β-unsaturated/α-hetero) is 1. The van der Waals surface area contributed by atoms with Crippen LogP contribution < -0.4 is 5.32 Å². The van der Waals surface area contributed by atoms with Crippen molar-refractivity contribution in [2.75, 3.05) is 26.2 Å². The predicted octanol–water partition coefficient (Wildman–Crippen LogP) is 4.60. The van der Waals surface area contributed by atoms with Crippen molar-refractivity contribution in [2.24, 2.45) is 10.8 Å². The highest BCUT2D eigenvalue weighted by molar-refractivity contribution is 5.89. The first kappa shape index (κ1) is 25.1. The first-order valence-electron chi connectivity index (χ1n) is 13.0. The van der Waals surface area contributed by atoms with Crippen molar-refractivity contribution in [3.05, 3.63) is 35.6 Å². The quantitative estimate of drug-likeness (QED) is 0.536. The number of likely N-dealkylation sites (tertiary alicyclic amines) is 2. The molecule has 0 bridgehead atoms. The molecule has 4 aliphatic rings. The fourth-order valence-corrected chi connectivity index (χ4v) is 5.73. The van der Waals surface area contributed by atoms with E-state index in [4.69, 9.17) is 0 Å². The Morgan fingerprint density at radius 2 is 1.81 bits per heavy atom. The van der Waals surface area contributed by atoms with Gasteiger partial charge in [0, 0.05) is 37.4 Å². The number of nitriles is 1. The van der Waals surface area contributed by atoms with Crippen LogP contribution in [0.15, 0.2) is 24.3 Å². The number of rotatable bonds is 9. The first-order chi connectivity index (χ1) is 17.1. The van der Waals surface area contributed by atoms with Crippen LogP contribution in [0.4, 0.5) is 18.0 Å². The molecule has 0 radical (unpaired) electrons. The van der Waals surface area contributed by atoms with Crippen LogP contribution >= 0.6 is 0 Å². The Kier molecular flexibility index (Phi) is 6.52. The Labute approximate surface area is 209 Å². The summed E-state index contributed by atoms with van der Waals surface area (Å²) in [6, 6.07) is 6.01. The number of ketones is 1. The fourth-order valence-electron chi connectivity index (χ4n) is 5.73. The van der Waals surface area contributed by atoms with Gasteiger partial charge in [-0.3, -0.25) is 4.79 Å². The Morgan fingerprint density at radius 3 is 2.39 bits per heavy atom. The van der Waals surface area contributed by atoms with Gasteiger partial charge in [0.15, 0.2) is 5.78 Å². The SMILES string of the molecule is N#CC1(CC(=O)[C@H](CCC(F)(F)c2ccccc2F)NC(=O)N2CC3(CCN(C4CC4)CC3)C2)CC1. The molecule has 5 rings (SSSR count). The maximum absolute atomic E-state index is 14.8. The van der Waals surface area contributed by atoms with Crippen LogP contribution in [0, 0.1) is 28.0 Å². The van der Waals surface area contributed by atoms with Crippen LogP contribution in [0.25, 0.3) is 0 Å². The van der Waals surface area contributed by atoms with Gasteiger partial charge >= 0.3 is 6.03 Å². The van der Waals surface area contributed by atoms with E-state index in [1.807, 2.05) is 0 Å². The summed E-state index contributed by atoms with van der Waals surface area (Å²) in [5.41, 5.74) is -1.36. The number of hydrogen-bond donors (Lipinski definition) is 1. The molecule has 2 amide bonds. The highest BCUT2D eigenvalue weighted by atomic mass is 19.3. The smallest absolute Gasteiger partial charge is 0.318 e. The minimum Gasteiger partial charge on any atom is -0.328 e. The summed E-state index contributed by atoms with van der Waals surface area (Å²) in [6.07, 6.45) is 4.63. The van der Waals surface area contributed by atoms with Gasteiger partial charge in [-0.05, 0) is 64.1 Å². The van der Waals surface area contributed by atoms with E-state index in [1.165, 1.54) is 25.0 Å². The van der Waals surface area contributed by atoms with E-state index in [9.17, 15) is 28.0 Å². The highest BCUT2D eigenvalue weighted by Gasteiger charge is 2.50. The number of nitrogens with zero attached hydrogens (tertiary/aromatic N) is 3. The zero-order chi connectivity index (χ0) is 25.6. The molecule has 1 aromatic rings. The summed E-state index contributed by atoms with van der Waals surface area (Å²) >= 11 is 0. The third-order valence-electron chi connectivity index (χ3n) is 8.57. The molecule has 2 saturated carbocycles. The molecule has 1 aromatic carbocycles. The summed E-state index contributed by atoms with van der Waals surface area (Å²) in [6.45, 7) is 3.29. The van der Waals surface area contributed by atoms with Crippen molar-refractivity contribution in [1.29, 1.82) is 5.26 Å². The molecule has 2 saturated heterocycles. The minimum absolute atomic E-state index is 0.0688. The number of benzene rings is 1. The Balaban J connectivity index is 1.20. The average molecular weight is 503 g/mol. The summed E-state index contributed by atoms with van der Waals surface area (Å²) in [5.74, 6) is -4.91. The van der Waals surface area contributed by atoms with E-state index in [1.54, 1.807) is 4.90 Å². The van der Waals surface area contributed by atoms with Crippen LogP contribution in [0.1, 0.15) is 63.4 Å². The van der Waals surface area contributed by atoms with Gasteiger partial charge in [-0.25, -0.2) is 18.0 Å². The number of alkyl halides is 2. The summed E-state index contributed by atoms with van der Waals surface area (Å²) < 4.78 is 43.7. The van der Waals surface area contributed by atoms with Crippen molar-refractivity contribution >= 4 is 11.8 Å². The van der Waals surface area contributed by atoms with E-state index in [0.29, 0.717) is 25.9 Å². The second-order valence-corrected chi connectivity index (χ2v) is 11.4. The van der Waals surface area contributed by atoms with Crippen LogP contribution in [-0.2, 0) is 10.7 Å². The third kappa shape index (κ3) is 5.24. The predicted molar refractivity (Wildman–Crippen MR) is 127 cm³/mol. The summed E-state index contributed by atoms with van der Waals surface area (Å²) in [4.78, 5) is 30.2. The van der Waals surface area contributed by atoms with Gasteiger partial charge in [-0.2, -0.15) is 5.26 Å². The molecule has 0 unspecified atom stereocenters. The van der Waals surface area contributed by atoms with Gasteiger partial charge in [0.05, 0.1) is 23.1 Å². The van der Waals surface area contributed by atoms with Gasteiger partial charge in [-0.1, -0.05) is 18.2 Å². The number of carbonyl (C=O) groups excluding carboxylic acids is 2. The molecule has 2 aliphatic heterocycles. The van der Waals surface area contributed by atoms with Crippen molar-refractivity contribution in [2.45, 2.75) is 75.8 Å². The number of amides is 2. The second kappa shape index (κ2) is 9.37. The molecular formula is C27H33F3N4O2. The van der Waals surface area contributed by atoms with E-state index in [2.05, 4.69) is 16.3 Å². The van der Waals surface area contributed by atoms with Crippen LogP contribution in [-0.4, -0.2) is 59.9 Å². The number of halogens is 3. The lowest BCUT2D eigenvalue weighted by Gasteiger charge is -2.54. The lowest BCUT2D eigenvalue weighted by molar-refractivity contribution is -0.122. The summed E-state index contributed by atoms with van der Waals surface area (Å²) in [7, 11) is 0. The molecule has 4 fully saturated rings. The van der Waals surface area contributed by atoms with E-state index >= 15 is 0 Å². The Morgan fingerprint density at radius 1 is 1.14 bits per heavy atom. The molecule has 194 valence electrons. The maximum atomic E-state index is 14.8. The Bertz CT molecular complexity index is 1050. The van der Waals surface area contributed by atoms with Crippen LogP contribution in [0.5, 0.6) is 0 Å². The molecule has 1 N–H and O–H groups in total. The van der Waals surface area contributed by atoms with E-state index in [0.717, 1.165) is 44.1 Å². The fraction of sp³-hybridized carbons (Fsp3) is 0.667. The molecule has 6 nitrogen and oxygen atoms in total. The number of nitrogens with one attached hydrogen (secondary N) is 1. The minimum atomic E-state index is -3.49. The van der Waals surface area contributed by atoms with Crippen molar-refractivity contribution in [3.8, 4) is 6.07 Å². The molecule has 2 heterocycles. The zero-order valence-electron chi connectivity index (χ0n) is 20.4. The van der Waals surface area contributed by atoms with E-state index < -0.39 is 47.0 Å². The summed E-state index contributed by atoms with van der Waals surface area (Å²) in [5, 5.41) is 12.1. The van der Waals surface area contributed by atoms with Crippen molar-refractivity contribution < 1.29 is 22.8 Å². The lowest BCUT2D eigenvalue weighted by atomic mass is 9.72. The standard InChI is InChI=1S/C27H33F3N4O2/c28-21-4-2-1-3-20(21)27(29,30)8-7-22(23(35)15-25(16-31)9-10-25)32-24(36)34-17-26(18-34)11-13-33(14-12-26)19-5-6-19/h1-4,19,22H,5-15,17-18H2,(H,32,36)/t22-/m0/s1. The molecule has 36 heavy (non-hydrogen) atoms. The van der Waals surface area contributed by atoms with Gasteiger partial charge in [-0.15, -0.1) is 0 Å². The lowest BCUT2D eigenvalue weighted by Crippen LogP contribution is -2.64. The number of hydrogen-bond acceptors (Lipinski definition) is 4. The average Bonchev–Trinajstić information content (AvgIpc) is 3.76. The van der Waals surface area contributed by atoms with Gasteiger partial charge < -0.3 is 15.1 Å². The van der Waals surface area contributed by atoms with Gasteiger partial charge in [0.1, 0.15) is 5.82 Å². The first-order valence-corrected chi connectivity index (χ1v) is 13.0. The zero-order valence-corrected chi connectivity index (χ0v) is 20.4. The normalized spacial score (nSPS) is 23.4. The monoisotopic (exact) mass is 502 g/mol. The number of piperidine rings is 1.